The summed E-state index contributed by atoms with van der Waals surface area (Å²) in [6.07, 6.45) is 0.513. The Labute approximate surface area is 120 Å². The lowest BCUT2D eigenvalue weighted by molar-refractivity contribution is 0.536. The van der Waals surface area contributed by atoms with Crippen molar-refractivity contribution >= 4 is 22.5 Å². The molecule has 5 heteroatoms. The molecule has 2 aromatic rings. The number of nitrogens with one attached hydrogen (secondary N) is 1. The molecule has 0 aromatic heterocycles. The molecule has 0 saturated heterocycles. The molecule has 0 radical (unpaired) electrons. The van der Waals surface area contributed by atoms with Crippen LogP contribution in [0.2, 0.25) is 0 Å². The topological polar surface area (TPSA) is 52.2 Å². The van der Waals surface area contributed by atoms with Gasteiger partial charge in [0.15, 0.2) is 0 Å². The van der Waals surface area contributed by atoms with Crippen molar-refractivity contribution < 1.29 is 13.2 Å². The van der Waals surface area contributed by atoms with Crippen LogP contribution in [0.3, 0.4) is 0 Å². The summed E-state index contributed by atoms with van der Waals surface area (Å²) in [7, 11) is 0. The molecule has 1 atom stereocenters. The lowest BCUT2D eigenvalue weighted by Crippen LogP contribution is -2.01. The Balaban J connectivity index is 2.08. The summed E-state index contributed by atoms with van der Waals surface area (Å²) in [5.74, 6) is -0.140. The van der Waals surface area contributed by atoms with Crippen molar-refractivity contribution in [2.24, 2.45) is 0 Å². The summed E-state index contributed by atoms with van der Waals surface area (Å²) < 4.78 is 34.0. The third kappa shape index (κ3) is 4.15. The lowest BCUT2D eigenvalue weighted by Gasteiger charge is -2.11. The maximum absolute atomic E-state index is 12.8. The first-order valence-electron chi connectivity index (χ1n) is 6.22. The van der Waals surface area contributed by atoms with Gasteiger partial charge in [0, 0.05) is 17.1 Å². The normalized spacial score (nSPS) is 12.2. The lowest BCUT2D eigenvalue weighted by atomic mass is 10.1. The highest BCUT2D eigenvalue weighted by Gasteiger charge is 2.01. The molecule has 0 aliphatic carbocycles. The van der Waals surface area contributed by atoms with Crippen LogP contribution in [-0.4, -0.2) is 14.5 Å². The van der Waals surface area contributed by atoms with E-state index in [9.17, 15) is 13.2 Å². The van der Waals surface area contributed by atoms with Crippen LogP contribution in [0.25, 0.3) is 0 Å². The highest BCUT2D eigenvalue weighted by Crippen LogP contribution is 2.20. The number of hydrogen-bond donors (Lipinski definition) is 1. The summed E-state index contributed by atoms with van der Waals surface area (Å²) in [6, 6.07) is 11.9. The molecular formula is C15H15FNO2S-. The first-order valence-corrected chi connectivity index (χ1v) is 7.47. The van der Waals surface area contributed by atoms with Crippen LogP contribution in [0.1, 0.15) is 11.1 Å². The number of aryl methyl sites for hydroxylation is 2. The maximum Gasteiger partial charge on any atom is 0.123 e. The largest absolute Gasteiger partial charge is 0.772 e. The molecule has 0 bridgehead atoms. The number of benzene rings is 2. The Morgan fingerprint density at radius 2 is 1.80 bits per heavy atom. The van der Waals surface area contributed by atoms with E-state index in [1.54, 1.807) is 12.1 Å². The fourth-order valence-corrected chi connectivity index (χ4v) is 2.33. The van der Waals surface area contributed by atoms with E-state index in [1.165, 1.54) is 12.1 Å². The molecule has 0 saturated carbocycles. The Morgan fingerprint density at radius 3 is 2.40 bits per heavy atom. The third-order valence-electron chi connectivity index (χ3n) is 3.01. The van der Waals surface area contributed by atoms with Crippen LogP contribution < -0.4 is 5.32 Å². The minimum atomic E-state index is -2.01. The van der Waals surface area contributed by atoms with Gasteiger partial charge in [0.05, 0.1) is 0 Å². The van der Waals surface area contributed by atoms with Gasteiger partial charge in [-0.15, -0.1) is 0 Å². The molecule has 1 unspecified atom stereocenters. The van der Waals surface area contributed by atoms with Gasteiger partial charge in [-0.3, -0.25) is 4.21 Å². The van der Waals surface area contributed by atoms with E-state index in [2.05, 4.69) is 5.32 Å². The Hall–Kier alpha value is -1.72. The maximum atomic E-state index is 12.8. The van der Waals surface area contributed by atoms with E-state index < -0.39 is 11.1 Å². The first-order chi connectivity index (χ1) is 9.54. The minimum absolute atomic E-state index is 0.131. The third-order valence-corrected chi connectivity index (χ3v) is 3.55. The molecule has 0 aliphatic heterocycles. The predicted octanol–water partition coefficient (Wildman–Crippen LogP) is 3.30. The summed E-state index contributed by atoms with van der Waals surface area (Å²) in [6.45, 7) is 1.94. The van der Waals surface area contributed by atoms with Crippen molar-refractivity contribution in [1.29, 1.82) is 0 Å². The smallest absolute Gasteiger partial charge is 0.123 e. The number of rotatable bonds is 5. The van der Waals surface area contributed by atoms with Crippen LogP contribution in [-0.2, 0) is 17.5 Å². The van der Waals surface area contributed by atoms with E-state index >= 15 is 0 Å². The molecule has 0 amide bonds. The fraction of sp³-hybridized carbons (Fsp3) is 0.200. The van der Waals surface area contributed by atoms with Gasteiger partial charge in [0.25, 0.3) is 0 Å². The van der Waals surface area contributed by atoms with Gasteiger partial charge in [0.2, 0.25) is 0 Å². The van der Waals surface area contributed by atoms with Crippen LogP contribution in [0.15, 0.2) is 42.5 Å². The van der Waals surface area contributed by atoms with E-state index in [0.717, 1.165) is 22.5 Å². The molecule has 2 rings (SSSR count). The zero-order valence-corrected chi connectivity index (χ0v) is 11.9. The molecule has 2 aromatic carbocycles. The molecular weight excluding hydrogens is 277 g/mol. The monoisotopic (exact) mass is 292 g/mol. The SMILES string of the molecule is Cc1cc(Nc2ccc(F)cc2)ccc1CCS(=O)[O-]. The molecule has 20 heavy (non-hydrogen) atoms. The van der Waals surface area contributed by atoms with E-state index in [0.29, 0.717) is 6.42 Å². The zero-order chi connectivity index (χ0) is 14.5. The second-order valence-corrected chi connectivity index (χ2v) is 5.55. The predicted molar refractivity (Wildman–Crippen MR) is 78.4 cm³/mol. The second-order valence-electron chi connectivity index (χ2n) is 4.53. The van der Waals surface area contributed by atoms with Gasteiger partial charge < -0.3 is 9.87 Å². The quantitative estimate of drug-likeness (QED) is 0.860. The average Bonchev–Trinajstić information content (AvgIpc) is 2.40. The summed E-state index contributed by atoms with van der Waals surface area (Å²) in [5.41, 5.74) is 3.74. The van der Waals surface area contributed by atoms with Gasteiger partial charge in [-0.25, -0.2) is 4.39 Å². The molecule has 106 valence electrons. The van der Waals surface area contributed by atoms with Crippen LogP contribution in [0, 0.1) is 12.7 Å². The van der Waals surface area contributed by atoms with E-state index in [4.69, 9.17) is 0 Å². The number of hydrogen-bond acceptors (Lipinski definition) is 3. The number of anilines is 2. The molecule has 0 aliphatic rings. The van der Waals surface area contributed by atoms with Crippen molar-refractivity contribution in [1.82, 2.24) is 0 Å². The van der Waals surface area contributed by atoms with Crippen molar-refractivity contribution in [2.75, 3.05) is 11.1 Å². The fourth-order valence-electron chi connectivity index (χ4n) is 1.95. The summed E-state index contributed by atoms with van der Waals surface area (Å²) in [5, 5.41) is 3.18. The van der Waals surface area contributed by atoms with Gasteiger partial charge >= 0.3 is 0 Å². The Kier molecular flexibility index (Phi) is 4.87. The molecule has 0 heterocycles. The number of halogens is 1. The van der Waals surface area contributed by atoms with Crippen molar-refractivity contribution in [3.8, 4) is 0 Å². The molecule has 0 spiro atoms. The van der Waals surface area contributed by atoms with Crippen LogP contribution in [0.5, 0.6) is 0 Å². The van der Waals surface area contributed by atoms with Gasteiger partial charge in [-0.2, -0.15) is 0 Å². The zero-order valence-electron chi connectivity index (χ0n) is 11.1. The highest BCUT2D eigenvalue weighted by molar-refractivity contribution is 7.79. The van der Waals surface area contributed by atoms with Crippen molar-refractivity contribution in [2.45, 2.75) is 13.3 Å². The highest BCUT2D eigenvalue weighted by atomic mass is 32.2. The molecule has 3 nitrogen and oxygen atoms in total. The Bertz CT molecular complexity index is 614. The molecule has 0 fully saturated rings. The first kappa shape index (κ1) is 14.7. The van der Waals surface area contributed by atoms with Crippen LogP contribution in [0.4, 0.5) is 15.8 Å². The summed E-state index contributed by atoms with van der Waals surface area (Å²) in [4.78, 5) is 0. The molecule has 1 N–H and O–H groups in total. The minimum Gasteiger partial charge on any atom is -0.772 e. The average molecular weight is 292 g/mol. The van der Waals surface area contributed by atoms with Crippen molar-refractivity contribution in [3.63, 3.8) is 0 Å². The standard InChI is InChI=1S/C15H16FNO2S/c1-11-10-15(5-2-12(11)8-9-20(18)19)17-14-6-3-13(16)4-7-14/h2-7,10,17H,8-9H2,1H3,(H,18,19)/p-1. The van der Waals surface area contributed by atoms with E-state index in [1.807, 2.05) is 25.1 Å². The van der Waals surface area contributed by atoms with E-state index in [-0.39, 0.29) is 11.6 Å². The van der Waals surface area contributed by atoms with Gasteiger partial charge in [-0.1, -0.05) is 17.1 Å². The van der Waals surface area contributed by atoms with Gasteiger partial charge in [0.1, 0.15) is 5.82 Å². The van der Waals surface area contributed by atoms with Crippen LogP contribution >= 0.6 is 0 Å². The van der Waals surface area contributed by atoms with Crippen molar-refractivity contribution in [3.05, 3.63) is 59.4 Å². The Morgan fingerprint density at radius 1 is 1.15 bits per heavy atom. The van der Waals surface area contributed by atoms with Gasteiger partial charge in [-0.05, 0) is 60.9 Å². The second kappa shape index (κ2) is 6.63. The summed E-state index contributed by atoms with van der Waals surface area (Å²) >= 11 is -2.01.